The summed E-state index contributed by atoms with van der Waals surface area (Å²) in [6.07, 6.45) is -0.598. The summed E-state index contributed by atoms with van der Waals surface area (Å²) >= 11 is 0. The van der Waals surface area contributed by atoms with Gasteiger partial charge in [-0.05, 0) is 52.0 Å². The molecule has 4 nitrogen and oxygen atoms in total. The summed E-state index contributed by atoms with van der Waals surface area (Å²) in [6.45, 7) is 6.68. The summed E-state index contributed by atoms with van der Waals surface area (Å²) in [5.74, 6) is -0.522. The Bertz CT molecular complexity index is 747. The van der Waals surface area contributed by atoms with Crippen molar-refractivity contribution >= 4 is 22.1 Å². The third-order valence-corrected chi connectivity index (χ3v) is 5.00. The van der Waals surface area contributed by atoms with Crippen LogP contribution in [0.4, 0.5) is 24.2 Å². The van der Waals surface area contributed by atoms with Gasteiger partial charge >= 0.3 is 16.3 Å². The maximum absolute atomic E-state index is 12.7. The highest BCUT2D eigenvalue weighted by molar-refractivity contribution is 8.45. The van der Waals surface area contributed by atoms with Gasteiger partial charge in [-0.1, -0.05) is 19.4 Å². The van der Waals surface area contributed by atoms with Crippen LogP contribution in [0.2, 0.25) is 0 Å². The number of rotatable bonds is 3. The van der Waals surface area contributed by atoms with E-state index in [0.29, 0.717) is 0 Å². The first-order chi connectivity index (χ1) is 11.3. The van der Waals surface area contributed by atoms with Crippen molar-refractivity contribution in [1.82, 2.24) is 4.90 Å². The number of likely N-dealkylation sites (tertiary alicyclic amines) is 1. The van der Waals surface area contributed by atoms with Crippen molar-refractivity contribution in [3.63, 3.8) is 0 Å². The number of amides is 1. The normalized spacial score (nSPS) is 19.8. The number of carbonyl (C=O) groups excluding carboxylic acids is 2. The number of carbonyl (C=O) groups is 2. The fourth-order valence-corrected chi connectivity index (χ4v) is 3.26. The lowest BCUT2D eigenvalue weighted by Gasteiger charge is -2.46. The fourth-order valence-electron chi connectivity index (χ4n) is 2.61. The molecule has 0 bridgehead atoms. The summed E-state index contributed by atoms with van der Waals surface area (Å²) in [4.78, 5) is 23.6. The average molecular weight is 401 g/mol. The molecular weight excluding hydrogens is 381 g/mol. The standard InChI is InChI=1S/C16H20F5NO3S/c1-15(2,3)25-14(24)22-9-16(4,10-22)13(23)11-5-7-12(8-6-11)26(17,18,19,20)21/h5-8H,9-10H2,1-4H3. The van der Waals surface area contributed by atoms with Gasteiger partial charge in [0.25, 0.3) is 0 Å². The van der Waals surface area contributed by atoms with E-state index in [-0.39, 0.29) is 30.8 Å². The second kappa shape index (κ2) is 5.11. The monoisotopic (exact) mass is 401 g/mol. The molecule has 10 heteroatoms. The van der Waals surface area contributed by atoms with Crippen LogP contribution in [0.1, 0.15) is 38.1 Å². The minimum Gasteiger partial charge on any atom is -0.444 e. The molecule has 1 amide bonds. The lowest BCUT2D eigenvalue weighted by atomic mass is 9.76. The van der Waals surface area contributed by atoms with Crippen LogP contribution < -0.4 is 0 Å². The van der Waals surface area contributed by atoms with Gasteiger partial charge in [0.2, 0.25) is 0 Å². The van der Waals surface area contributed by atoms with Crippen LogP contribution in [0.5, 0.6) is 0 Å². The molecule has 0 radical (unpaired) electrons. The predicted molar refractivity (Wildman–Crippen MR) is 88.1 cm³/mol. The lowest BCUT2D eigenvalue weighted by molar-refractivity contribution is -0.0198. The Labute approximate surface area is 148 Å². The average Bonchev–Trinajstić information content (AvgIpc) is 2.38. The summed E-state index contributed by atoms with van der Waals surface area (Å²) in [6, 6.07) is 1.89. The molecule has 1 fully saturated rings. The van der Waals surface area contributed by atoms with E-state index in [1.54, 1.807) is 27.7 Å². The molecule has 26 heavy (non-hydrogen) atoms. The lowest BCUT2D eigenvalue weighted by Crippen LogP contribution is -2.61. The number of Topliss-reactive ketones (excluding diaryl/α,β-unsaturated/α-hetero) is 1. The summed E-state index contributed by atoms with van der Waals surface area (Å²) in [5, 5.41) is 0. The number of ketones is 1. The second-order valence-corrected chi connectivity index (χ2v) is 10.1. The first-order valence-corrected chi connectivity index (χ1v) is 9.63. The van der Waals surface area contributed by atoms with Crippen LogP contribution in [-0.2, 0) is 4.74 Å². The molecule has 1 aliphatic heterocycles. The van der Waals surface area contributed by atoms with E-state index in [9.17, 15) is 29.0 Å². The Morgan fingerprint density at radius 1 is 1.04 bits per heavy atom. The topological polar surface area (TPSA) is 46.6 Å². The molecule has 1 saturated heterocycles. The molecule has 148 valence electrons. The molecule has 1 aromatic rings. The van der Waals surface area contributed by atoms with E-state index in [1.807, 2.05) is 0 Å². The second-order valence-electron chi connectivity index (χ2n) is 7.72. The smallest absolute Gasteiger partial charge is 0.410 e. The van der Waals surface area contributed by atoms with Crippen molar-refractivity contribution in [3.05, 3.63) is 29.8 Å². The first kappa shape index (κ1) is 20.5. The van der Waals surface area contributed by atoms with Crippen LogP contribution in [0.15, 0.2) is 29.2 Å². The zero-order chi connectivity index (χ0) is 20.2. The van der Waals surface area contributed by atoms with Gasteiger partial charge in [0.15, 0.2) is 5.78 Å². The van der Waals surface area contributed by atoms with Gasteiger partial charge < -0.3 is 9.64 Å². The Morgan fingerprint density at radius 2 is 1.50 bits per heavy atom. The van der Waals surface area contributed by atoms with Crippen molar-refractivity contribution in [2.24, 2.45) is 5.41 Å². The van der Waals surface area contributed by atoms with Gasteiger partial charge in [-0.15, -0.1) is 0 Å². The molecule has 0 unspecified atom stereocenters. The molecule has 0 saturated carbocycles. The molecule has 1 aromatic carbocycles. The maximum Gasteiger partial charge on any atom is 0.410 e. The van der Waals surface area contributed by atoms with Crippen LogP contribution in [0, 0.1) is 5.41 Å². The van der Waals surface area contributed by atoms with Gasteiger partial charge in [-0.25, -0.2) is 4.79 Å². The minimum absolute atomic E-state index is 0.0318. The highest BCUT2D eigenvalue weighted by atomic mass is 32.5. The molecule has 2 rings (SSSR count). The molecule has 0 spiro atoms. The number of ether oxygens (including phenoxy) is 1. The first-order valence-electron chi connectivity index (χ1n) is 7.68. The number of benzene rings is 1. The zero-order valence-electron chi connectivity index (χ0n) is 14.7. The van der Waals surface area contributed by atoms with Crippen molar-refractivity contribution in [3.8, 4) is 0 Å². The van der Waals surface area contributed by atoms with Crippen LogP contribution in [0.25, 0.3) is 0 Å². The quantitative estimate of drug-likeness (QED) is 0.476. The van der Waals surface area contributed by atoms with E-state index >= 15 is 0 Å². The zero-order valence-corrected chi connectivity index (χ0v) is 15.5. The number of halogens is 5. The summed E-state index contributed by atoms with van der Waals surface area (Å²) in [7, 11) is -9.77. The fraction of sp³-hybridized carbons (Fsp3) is 0.500. The summed E-state index contributed by atoms with van der Waals surface area (Å²) in [5.41, 5.74) is -1.83. The van der Waals surface area contributed by atoms with E-state index in [0.717, 1.165) is 12.1 Å². The highest BCUT2D eigenvalue weighted by Gasteiger charge is 2.65. The SMILES string of the molecule is CC(C)(C)OC(=O)N1CC(C)(C(=O)c2ccc(S(F)(F)(F)(F)F)cc2)C1. The van der Waals surface area contributed by atoms with E-state index in [2.05, 4.69) is 0 Å². The van der Waals surface area contributed by atoms with Crippen LogP contribution >= 0.6 is 10.2 Å². The van der Waals surface area contributed by atoms with Crippen LogP contribution in [-0.4, -0.2) is 35.5 Å². The molecule has 0 atom stereocenters. The summed E-state index contributed by atoms with van der Waals surface area (Å²) < 4.78 is 68.8. The van der Waals surface area contributed by atoms with E-state index in [1.165, 1.54) is 4.90 Å². The van der Waals surface area contributed by atoms with Gasteiger partial charge in [0, 0.05) is 18.7 Å². The Morgan fingerprint density at radius 3 is 1.88 bits per heavy atom. The van der Waals surface area contributed by atoms with Crippen molar-refractivity contribution < 1.29 is 33.8 Å². The van der Waals surface area contributed by atoms with Gasteiger partial charge in [-0.3, -0.25) is 4.79 Å². The van der Waals surface area contributed by atoms with Gasteiger partial charge in [-0.2, -0.15) is 0 Å². The van der Waals surface area contributed by atoms with Crippen molar-refractivity contribution in [2.75, 3.05) is 13.1 Å². The van der Waals surface area contributed by atoms with Gasteiger partial charge in [0.1, 0.15) is 10.5 Å². The van der Waals surface area contributed by atoms with Crippen LogP contribution in [0.3, 0.4) is 0 Å². The van der Waals surface area contributed by atoms with Crippen molar-refractivity contribution in [2.45, 2.75) is 38.2 Å². The van der Waals surface area contributed by atoms with Crippen molar-refractivity contribution in [1.29, 1.82) is 0 Å². The third kappa shape index (κ3) is 4.46. The molecule has 1 aliphatic rings. The molecule has 0 N–H and O–H groups in total. The minimum atomic E-state index is -9.77. The van der Waals surface area contributed by atoms with Gasteiger partial charge in [0.05, 0.1) is 5.41 Å². The Kier molecular flexibility index (Phi) is 4.03. The van der Waals surface area contributed by atoms with E-state index in [4.69, 9.17) is 4.74 Å². The van der Waals surface area contributed by atoms with E-state index < -0.39 is 38.0 Å². The number of hydrogen-bond donors (Lipinski definition) is 0. The third-order valence-electron chi connectivity index (χ3n) is 3.84. The molecular formula is C16H20F5NO3S. The maximum atomic E-state index is 12.7. The molecule has 1 heterocycles. The number of hydrogen-bond acceptors (Lipinski definition) is 3. The Balaban J connectivity index is 2.10. The highest BCUT2D eigenvalue weighted by Crippen LogP contribution is 3.02. The Hall–Kier alpha value is -1.84. The number of nitrogens with zero attached hydrogens (tertiary/aromatic N) is 1. The largest absolute Gasteiger partial charge is 0.444 e. The predicted octanol–water partition coefficient (Wildman–Crippen LogP) is 5.78. The molecule has 0 aromatic heterocycles. The molecule has 0 aliphatic carbocycles.